The summed E-state index contributed by atoms with van der Waals surface area (Å²) in [5.74, 6) is -0.375. The molecule has 1 aliphatic heterocycles. The lowest BCUT2D eigenvalue weighted by Gasteiger charge is -2.38. The number of alkyl halides is 6. The number of carbonyl (C=O) groups excluding carboxylic acids is 1. The highest BCUT2D eigenvalue weighted by atomic mass is 35.5. The maximum absolute atomic E-state index is 13.6. The Bertz CT molecular complexity index is 1460. The van der Waals surface area contributed by atoms with Gasteiger partial charge in [-0.2, -0.15) is 26.3 Å². The Hall–Kier alpha value is -3.21. The van der Waals surface area contributed by atoms with Crippen LogP contribution < -0.4 is 20.3 Å². The number of anilines is 2. The monoisotopic (exact) mass is 710 g/mol. The van der Waals surface area contributed by atoms with Crippen LogP contribution in [0.2, 0.25) is 0 Å². The van der Waals surface area contributed by atoms with Crippen LogP contribution in [-0.2, 0) is 25.3 Å². The molecule has 16 heteroatoms. The van der Waals surface area contributed by atoms with E-state index in [-0.39, 0.29) is 48.3 Å². The highest BCUT2D eigenvalue weighted by Gasteiger charge is 2.37. The number of carbonyl (C=O) groups is 1. The van der Waals surface area contributed by atoms with Crippen molar-refractivity contribution in [2.75, 3.05) is 35.0 Å². The molecule has 47 heavy (non-hydrogen) atoms. The van der Waals surface area contributed by atoms with E-state index in [0.717, 1.165) is 5.56 Å². The SMILES string of the molecule is CCNc1cc(C(=O)N[C@@H](Cc2ccccc2)[C@H](O)CNCc2cc(C(F)(F)F)cc(C(F)(F)F)c2)cc(N2CCCS2(O)O)c1.Cl. The predicted molar refractivity (Wildman–Crippen MR) is 173 cm³/mol. The first kappa shape index (κ1) is 38.2. The molecule has 0 bridgehead atoms. The summed E-state index contributed by atoms with van der Waals surface area (Å²) in [6.07, 6.45) is -10.6. The van der Waals surface area contributed by atoms with E-state index in [4.69, 9.17) is 0 Å². The van der Waals surface area contributed by atoms with Gasteiger partial charge in [-0.15, -0.1) is 23.2 Å². The third-order valence-electron chi connectivity index (χ3n) is 7.39. The quantitative estimate of drug-likeness (QED) is 0.113. The molecule has 1 heterocycles. The van der Waals surface area contributed by atoms with Crippen LogP contribution in [0.4, 0.5) is 37.7 Å². The Morgan fingerprint density at radius 3 is 2.13 bits per heavy atom. The van der Waals surface area contributed by atoms with Gasteiger partial charge < -0.3 is 21.1 Å². The third kappa shape index (κ3) is 10.4. The van der Waals surface area contributed by atoms with Crippen LogP contribution in [0.25, 0.3) is 0 Å². The van der Waals surface area contributed by atoms with Crippen molar-refractivity contribution in [2.45, 2.75) is 50.8 Å². The van der Waals surface area contributed by atoms with Crippen LogP contribution in [0, 0.1) is 0 Å². The van der Waals surface area contributed by atoms with Gasteiger partial charge in [0.05, 0.1) is 34.7 Å². The minimum absolute atomic E-state index is 0. The molecule has 6 N–H and O–H groups in total. The highest BCUT2D eigenvalue weighted by Crippen LogP contribution is 2.51. The molecule has 0 aromatic heterocycles. The first-order chi connectivity index (χ1) is 21.6. The molecule has 0 radical (unpaired) electrons. The molecule has 1 saturated heterocycles. The fourth-order valence-corrected chi connectivity index (χ4v) is 6.78. The van der Waals surface area contributed by atoms with Crippen molar-refractivity contribution in [3.63, 3.8) is 0 Å². The van der Waals surface area contributed by atoms with Crippen molar-refractivity contribution in [3.8, 4) is 0 Å². The molecule has 1 aliphatic rings. The lowest BCUT2D eigenvalue weighted by molar-refractivity contribution is -0.143. The first-order valence-electron chi connectivity index (χ1n) is 14.5. The lowest BCUT2D eigenvalue weighted by Crippen LogP contribution is -2.48. The Kier molecular flexibility index (Phi) is 12.8. The van der Waals surface area contributed by atoms with E-state index in [1.165, 1.54) is 10.4 Å². The van der Waals surface area contributed by atoms with Gasteiger partial charge in [0.25, 0.3) is 5.91 Å². The summed E-state index contributed by atoms with van der Waals surface area (Å²) >= 11 is 0. The van der Waals surface area contributed by atoms with E-state index in [1.54, 1.807) is 42.5 Å². The van der Waals surface area contributed by atoms with E-state index in [0.29, 0.717) is 43.0 Å². The van der Waals surface area contributed by atoms with Crippen LogP contribution in [0.1, 0.15) is 46.0 Å². The summed E-state index contributed by atoms with van der Waals surface area (Å²) in [4.78, 5) is 13.6. The Labute approximate surface area is 276 Å². The van der Waals surface area contributed by atoms with Gasteiger partial charge in [-0.25, -0.2) is 0 Å². The molecule has 0 aliphatic carbocycles. The van der Waals surface area contributed by atoms with Crippen molar-refractivity contribution in [3.05, 3.63) is 94.5 Å². The number of aliphatic hydroxyl groups excluding tert-OH is 1. The summed E-state index contributed by atoms with van der Waals surface area (Å²) in [5.41, 5.74) is -1.23. The Morgan fingerprint density at radius 1 is 0.936 bits per heavy atom. The number of amides is 1. The molecule has 1 amide bonds. The van der Waals surface area contributed by atoms with Gasteiger partial charge in [0.1, 0.15) is 0 Å². The average molecular weight is 711 g/mol. The molecule has 4 rings (SSSR count). The van der Waals surface area contributed by atoms with Gasteiger partial charge in [-0.3, -0.25) is 18.2 Å². The van der Waals surface area contributed by atoms with E-state index >= 15 is 0 Å². The maximum atomic E-state index is 13.6. The van der Waals surface area contributed by atoms with Gasteiger partial charge in [-0.1, -0.05) is 30.3 Å². The fraction of sp³-hybridized carbons (Fsp3) is 0.387. The summed E-state index contributed by atoms with van der Waals surface area (Å²) < 4.78 is 102. The second kappa shape index (κ2) is 15.8. The van der Waals surface area contributed by atoms with Crippen LogP contribution in [0.5, 0.6) is 0 Å². The summed E-state index contributed by atoms with van der Waals surface area (Å²) in [6, 6.07) is 14.0. The lowest BCUT2D eigenvalue weighted by atomic mass is 10.00. The third-order valence-corrected chi connectivity index (χ3v) is 9.33. The van der Waals surface area contributed by atoms with Crippen LogP contribution in [0.15, 0.2) is 66.7 Å². The average Bonchev–Trinajstić information content (AvgIpc) is 3.35. The Morgan fingerprint density at radius 2 is 1.57 bits per heavy atom. The highest BCUT2D eigenvalue weighted by molar-refractivity contribution is 8.25. The molecular formula is C31H37ClF6N4O4S. The minimum atomic E-state index is -4.99. The van der Waals surface area contributed by atoms with Crippen LogP contribution in [0.3, 0.4) is 0 Å². The number of benzene rings is 3. The zero-order valence-corrected chi connectivity index (χ0v) is 26.9. The van der Waals surface area contributed by atoms with Gasteiger partial charge in [0, 0.05) is 37.4 Å². The van der Waals surface area contributed by atoms with Crippen molar-refractivity contribution in [2.24, 2.45) is 0 Å². The summed E-state index contributed by atoms with van der Waals surface area (Å²) in [6.45, 7) is 2.09. The largest absolute Gasteiger partial charge is 0.416 e. The number of hydrogen-bond donors (Lipinski definition) is 6. The molecule has 3 aromatic carbocycles. The Balaban J connectivity index is 0.00000600. The van der Waals surface area contributed by atoms with Crippen LogP contribution in [-0.4, -0.2) is 57.7 Å². The molecule has 260 valence electrons. The summed E-state index contributed by atoms with van der Waals surface area (Å²) in [5, 5.41) is 19.8. The fourth-order valence-electron chi connectivity index (χ4n) is 5.18. The van der Waals surface area contributed by atoms with Crippen molar-refractivity contribution < 1.29 is 45.3 Å². The maximum Gasteiger partial charge on any atom is 0.416 e. The minimum Gasteiger partial charge on any atom is -0.390 e. The molecule has 2 atom stereocenters. The molecule has 3 aromatic rings. The number of nitrogens with zero attached hydrogens (tertiary/aromatic N) is 1. The number of halogens is 7. The van der Waals surface area contributed by atoms with E-state index in [1.807, 2.05) is 6.92 Å². The topological polar surface area (TPSA) is 117 Å². The van der Waals surface area contributed by atoms with Crippen molar-refractivity contribution in [1.29, 1.82) is 0 Å². The van der Waals surface area contributed by atoms with Crippen molar-refractivity contribution >= 4 is 40.5 Å². The van der Waals surface area contributed by atoms with E-state index < -0.39 is 58.9 Å². The number of aliphatic hydroxyl groups is 1. The van der Waals surface area contributed by atoms with Gasteiger partial charge in [-0.05, 0) is 67.3 Å². The second-order valence-electron chi connectivity index (χ2n) is 11.0. The predicted octanol–water partition coefficient (Wildman–Crippen LogP) is 6.95. The van der Waals surface area contributed by atoms with E-state index in [2.05, 4.69) is 16.0 Å². The zero-order chi connectivity index (χ0) is 33.7. The normalized spacial score (nSPS) is 16.6. The molecule has 0 spiro atoms. The molecular weight excluding hydrogens is 674 g/mol. The molecule has 8 nitrogen and oxygen atoms in total. The first-order valence-corrected chi connectivity index (χ1v) is 16.2. The van der Waals surface area contributed by atoms with Crippen LogP contribution >= 0.6 is 23.2 Å². The number of hydrogen-bond acceptors (Lipinski definition) is 7. The molecule has 1 fully saturated rings. The number of nitrogens with one attached hydrogen (secondary N) is 3. The smallest absolute Gasteiger partial charge is 0.390 e. The zero-order valence-electron chi connectivity index (χ0n) is 25.2. The molecule has 0 saturated carbocycles. The summed E-state index contributed by atoms with van der Waals surface area (Å²) in [7, 11) is -3.05. The molecule has 0 unspecified atom stereocenters. The van der Waals surface area contributed by atoms with Crippen molar-refractivity contribution in [1.82, 2.24) is 10.6 Å². The van der Waals surface area contributed by atoms with Gasteiger partial charge in [0.2, 0.25) is 0 Å². The second-order valence-corrected chi connectivity index (χ2v) is 13.1. The standard InChI is InChI=1S/C31H36F6N4O4S.ClH/c1-2-39-25-14-22(15-26(17-25)41-9-6-10-46(41,44)45)29(43)40-27(13-20-7-4-3-5-8-20)28(42)19-38-18-21-11-23(30(32,33)34)16-24(12-21)31(35,36)37;/h3-5,7-8,11-12,14-17,27-28,38-39,42,44-45H,2,6,9-10,13,18-19H2,1H3,(H,40,43);1H/t27-,28+;/m0./s1. The van der Waals surface area contributed by atoms with Gasteiger partial charge in [0.15, 0.2) is 0 Å². The van der Waals surface area contributed by atoms with E-state index in [9.17, 15) is 45.3 Å². The van der Waals surface area contributed by atoms with Gasteiger partial charge >= 0.3 is 12.4 Å². The number of rotatable bonds is 12.